The van der Waals surface area contributed by atoms with E-state index in [-0.39, 0.29) is 12.2 Å². The molecule has 0 aromatic heterocycles. The van der Waals surface area contributed by atoms with Gasteiger partial charge in [0.25, 0.3) is 0 Å². The molecular weight excluding hydrogens is 455 g/mol. The number of rotatable bonds is 8. The third-order valence-corrected chi connectivity index (χ3v) is 8.82. The van der Waals surface area contributed by atoms with Crippen LogP contribution in [0.5, 0.6) is 0 Å². The monoisotopic (exact) mass is 482 g/mol. The summed E-state index contributed by atoms with van der Waals surface area (Å²) >= 11 is 0. The maximum atomic E-state index is 15.2. The maximum absolute atomic E-state index is 15.2. The first-order valence-corrected chi connectivity index (χ1v) is 13.1. The van der Waals surface area contributed by atoms with Crippen molar-refractivity contribution in [1.82, 2.24) is 0 Å². The first-order chi connectivity index (χ1) is 17.1. The van der Waals surface area contributed by atoms with Gasteiger partial charge in [-0.3, -0.25) is 0 Å². The Labute approximate surface area is 206 Å². The van der Waals surface area contributed by atoms with Gasteiger partial charge in [-0.25, -0.2) is 4.79 Å². The highest BCUT2D eigenvalue weighted by atomic mass is 31.2. The quantitative estimate of drug-likeness (QED) is 0.111. The summed E-state index contributed by atoms with van der Waals surface area (Å²) in [7, 11) is -1.84. The zero-order valence-electron chi connectivity index (χ0n) is 19.8. The maximum Gasteiger partial charge on any atom is 0.342 e. The third kappa shape index (κ3) is 4.84. The lowest BCUT2D eigenvalue weighted by Crippen LogP contribution is -2.28. The molecule has 35 heavy (non-hydrogen) atoms. The van der Waals surface area contributed by atoms with Gasteiger partial charge in [0.1, 0.15) is 11.3 Å². The number of esters is 1. The van der Waals surface area contributed by atoms with Crippen LogP contribution in [-0.2, 0) is 18.8 Å². The van der Waals surface area contributed by atoms with Gasteiger partial charge in [-0.1, -0.05) is 115 Å². The van der Waals surface area contributed by atoms with E-state index in [1.54, 1.807) is 6.92 Å². The van der Waals surface area contributed by atoms with Crippen LogP contribution in [0, 0.1) is 0 Å². The van der Waals surface area contributed by atoms with Gasteiger partial charge in [0, 0.05) is 27.0 Å². The molecule has 176 valence electrons. The fraction of sp³-hybridized carbons (Fsp3) is 0.100. The van der Waals surface area contributed by atoms with Crippen LogP contribution in [0.25, 0.3) is 11.3 Å². The molecule has 0 aliphatic rings. The highest BCUT2D eigenvalue weighted by Gasteiger charge is 2.35. The van der Waals surface area contributed by atoms with Crippen molar-refractivity contribution in [2.24, 2.45) is 0 Å². The molecule has 0 heterocycles. The van der Waals surface area contributed by atoms with Crippen LogP contribution in [0.3, 0.4) is 0 Å². The first kappa shape index (κ1) is 24.3. The van der Waals surface area contributed by atoms with E-state index in [1.807, 2.05) is 115 Å². The van der Waals surface area contributed by atoms with E-state index in [1.165, 1.54) is 7.11 Å². The highest BCUT2D eigenvalue weighted by molar-refractivity contribution is 7.85. The van der Waals surface area contributed by atoms with Gasteiger partial charge < -0.3 is 14.0 Å². The van der Waals surface area contributed by atoms with E-state index in [0.29, 0.717) is 27.2 Å². The smallest absolute Gasteiger partial charge is 0.342 e. The molecule has 0 saturated heterocycles. The molecule has 0 aliphatic carbocycles. The summed E-state index contributed by atoms with van der Waals surface area (Å²) in [5.41, 5.74) is 1.48. The summed E-state index contributed by atoms with van der Waals surface area (Å²) < 4.78 is 26.4. The molecule has 0 saturated carbocycles. The molecule has 5 heteroatoms. The SMILES string of the molecule is CCOC(=O)/C(=C(\OC)c1ccccc1)c1ccccc1P(=O)(c1ccccc1)c1ccccc1. The van der Waals surface area contributed by atoms with Gasteiger partial charge in [-0.15, -0.1) is 0 Å². The summed E-state index contributed by atoms with van der Waals surface area (Å²) in [6.07, 6.45) is 0. The molecule has 4 nitrogen and oxygen atoms in total. The van der Waals surface area contributed by atoms with E-state index >= 15 is 4.57 Å². The molecule has 0 atom stereocenters. The van der Waals surface area contributed by atoms with Gasteiger partial charge in [-0.05, 0) is 6.92 Å². The van der Waals surface area contributed by atoms with Crippen molar-refractivity contribution in [1.29, 1.82) is 0 Å². The van der Waals surface area contributed by atoms with Crippen molar-refractivity contribution >= 4 is 40.4 Å². The Morgan fingerprint density at radius 2 is 1.20 bits per heavy atom. The van der Waals surface area contributed by atoms with Crippen LogP contribution in [0.1, 0.15) is 18.1 Å². The van der Waals surface area contributed by atoms with E-state index in [4.69, 9.17) is 9.47 Å². The molecule has 4 aromatic carbocycles. The molecule has 0 fully saturated rings. The van der Waals surface area contributed by atoms with Gasteiger partial charge in [0.15, 0.2) is 7.14 Å². The average Bonchev–Trinajstić information content (AvgIpc) is 2.93. The van der Waals surface area contributed by atoms with Crippen LogP contribution in [-0.4, -0.2) is 19.7 Å². The molecule has 4 aromatic rings. The summed E-state index contributed by atoms with van der Waals surface area (Å²) in [5.74, 6) is -0.169. The van der Waals surface area contributed by atoms with Crippen LogP contribution < -0.4 is 15.9 Å². The standard InChI is InChI=1S/C30H27O4P/c1-3-34-30(31)28(29(33-2)23-15-7-4-8-16-23)26-21-13-14-22-27(26)35(32,24-17-9-5-10-18-24)25-19-11-6-12-20-25/h4-22H,3H2,1-2H3/b29-28-. The Balaban J connectivity index is 2.08. The minimum absolute atomic E-state index is 0.200. The Bertz CT molecular complexity index is 1320. The molecule has 0 unspecified atom stereocenters. The Hall–Kier alpha value is -3.88. The zero-order valence-corrected chi connectivity index (χ0v) is 20.7. The van der Waals surface area contributed by atoms with Gasteiger partial charge in [-0.2, -0.15) is 0 Å². The van der Waals surface area contributed by atoms with Crippen molar-refractivity contribution in [2.75, 3.05) is 13.7 Å². The molecule has 0 aliphatic heterocycles. The number of hydrogen-bond acceptors (Lipinski definition) is 4. The third-order valence-electron chi connectivity index (χ3n) is 5.70. The predicted molar refractivity (Wildman–Crippen MR) is 143 cm³/mol. The lowest BCUT2D eigenvalue weighted by molar-refractivity contribution is -0.136. The number of ether oxygens (including phenoxy) is 2. The van der Waals surface area contributed by atoms with Gasteiger partial charge in [0.2, 0.25) is 0 Å². The van der Waals surface area contributed by atoms with Crippen molar-refractivity contribution < 1.29 is 18.8 Å². The number of carbonyl (C=O) groups is 1. The fourth-order valence-corrected chi connectivity index (χ4v) is 7.00. The largest absolute Gasteiger partial charge is 0.495 e. The second-order valence-electron chi connectivity index (χ2n) is 7.79. The minimum Gasteiger partial charge on any atom is -0.495 e. The Morgan fingerprint density at radius 1 is 0.714 bits per heavy atom. The number of hydrogen-bond donors (Lipinski definition) is 0. The topological polar surface area (TPSA) is 52.6 Å². The minimum atomic E-state index is -3.37. The second-order valence-corrected chi connectivity index (χ2v) is 10.5. The fourth-order valence-electron chi connectivity index (χ4n) is 4.14. The molecule has 0 bridgehead atoms. The van der Waals surface area contributed by atoms with Gasteiger partial charge >= 0.3 is 5.97 Å². The molecule has 0 spiro atoms. The van der Waals surface area contributed by atoms with Crippen LogP contribution in [0.15, 0.2) is 115 Å². The lowest BCUT2D eigenvalue weighted by atomic mass is 10.0. The van der Waals surface area contributed by atoms with E-state index in [9.17, 15) is 4.79 Å². The Morgan fingerprint density at radius 3 is 1.71 bits per heavy atom. The summed E-state index contributed by atoms with van der Waals surface area (Å²) in [6, 6.07) is 35.5. The normalized spacial score (nSPS) is 11.9. The molecule has 4 rings (SSSR count). The number of benzene rings is 4. The second kappa shape index (κ2) is 11.0. The summed E-state index contributed by atoms with van der Waals surface area (Å²) in [4.78, 5) is 13.4. The van der Waals surface area contributed by atoms with Crippen LogP contribution in [0.4, 0.5) is 0 Å². The molecule has 0 N–H and O–H groups in total. The molecule has 0 radical (unpaired) electrons. The molecular formula is C30H27O4P. The van der Waals surface area contributed by atoms with Crippen molar-refractivity contribution in [3.05, 3.63) is 126 Å². The lowest BCUT2D eigenvalue weighted by Gasteiger charge is -2.24. The van der Waals surface area contributed by atoms with Crippen molar-refractivity contribution in [2.45, 2.75) is 6.92 Å². The number of methoxy groups -OCH3 is 1. The van der Waals surface area contributed by atoms with Crippen LogP contribution >= 0.6 is 7.14 Å². The highest BCUT2D eigenvalue weighted by Crippen LogP contribution is 2.45. The van der Waals surface area contributed by atoms with Crippen molar-refractivity contribution in [3.8, 4) is 0 Å². The summed E-state index contributed by atoms with van der Waals surface area (Å²) in [6.45, 7) is 1.96. The van der Waals surface area contributed by atoms with Gasteiger partial charge in [0.05, 0.1) is 13.7 Å². The molecule has 0 amide bonds. The van der Waals surface area contributed by atoms with Crippen molar-refractivity contribution in [3.63, 3.8) is 0 Å². The summed E-state index contributed by atoms with van der Waals surface area (Å²) in [5, 5.41) is 1.91. The van der Waals surface area contributed by atoms with Crippen LogP contribution in [0.2, 0.25) is 0 Å². The van der Waals surface area contributed by atoms with E-state index in [0.717, 1.165) is 5.56 Å². The average molecular weight is 483 g/mol. The van der Waals surface area contributed by atoms with E-state index in [2.05, 4.69) is 0 Å². The van der Waals surface area contributed by atoms with E-state index < -0.39 is 13.1 Å². The number of carbonyl (C=O) groups excluding carboxylic acids is 1. The predicted octanol–water partition coefficient (Wildman–Crippen LogP) is 5.40. The first-order valence-electron chi connectivity index (χ1n) is 11.4. The Kier molecular flexibility index (Phi) is 7.64. The zero-order chi connectivity index (χ0) is 24.7.